The summed E-state index contributed by atoms with van der Waals surface area (Å²) in [4.78, 5) is 25.4. The first kappa shape index (κ1) is 15.5. The molecular weight excluding hydrogens is 310 g/mol. The fraction of sp³-hybridized carbons (Fsp3) is 0.200. The lowest BCUT2D eigenvalue weighted by Gasteiger charge is -2.09. The Labute approximate surface area is 137 Å². The zero-order chi connectivity index (χ0) is 17.3. The van der Waals surface area contributed by atoms with Crippen molar-refractivity contribution < 1.29 is 9.59 Å². The number of carbonyl (C=O) groups is 2. The van der Waals surface area contributed by atoms with Gasteiger partial charge in [0, 0.05) is 31.4 Å². The van der Waals surface area contributed by atoms with Crippen molar-refractivity contribution in [3.05, 3.63) is 36.7 Å². The van der Waals surface area contributed by atoms with Gasteiger partial charge in [-0.2, -0.15) is 0 Å². The second-order valence-electron chi connectivity index (χ2n) is 5.49. The number of nitrogens with two attached hydrogens (primary N) is 1. The summed E-state index contributed by atoms with van der Waals surface area (Å²) in [5.74, 6) is 0.0918. The van der Waals surface area contributed by atoms with Crippen molar-refractivity contribution in [1.82, 2.24) is 24.5 Å². The average molecular weight is 327 g/mol. The smallest absolute Gasteiger partial charge is 0.322 e. The number of nitrogen functional groups attached to an aromatic ring is 1. The molecule has 3 aromatic rings. The SMILES string of the molecule is CN(C)C(=O)Nc1cn(CC(=O)n2ccc3c(N)cccc32)nn1. The van der Waals surface area contributed by atoms with Crippen molar-refractivity contribution in [3.8, 4) is 0 Å². The summed E-state index contributed by atoms with van der Waals surface area (Å²) in [7, 11) is 3.23. The van der Waals surface area contributed by atoms with Crippen molar-refractivity contribution in [2.45, 2.75) is 6.54 Å². The van der Waals surface area contributed by atoms with Gasteiger partial charge in [0.1, 0.15) is 6.54 Å². The van der Waals surface area contributed by atoms with Gasteiger partial charge in [0.2, 0.25) is 0 Å². The molecule has 9 heteroatoms. The first-order valence-electron chi connectivity index (χ1n) is 7.23. The Hall–Kier alpha value is -3.36. The summed E-state index contributed by atoms with van der Waals surface area (Å²) in [6.45, 7) is -0.0105. The van der Waals surface area contributed by atoms with Crippen LogP contribution in [0.1, 0.15) is 4.79 Å². The predicted molar refractivity (Wildman–Crippen MR) is 89.7 cm³/mol. The molecule has 2 aromatic heterocycles. The number of nitrogens with zero attached hydrogens (tertiary/aromatic N) is 5. The molecule has 1 aromatic carbocycles. The highest BCUT2D eigenvalue weighted by molar-refractivity contribution is 5.97. The van der Waals surface area contributed by atoms with E-state index >= 15 is 0 Å². The first-order chi connectivity index (χ1) is 11.5. The molecule has 0 fully saturated rings. The van der Waals surface area contributed by atoms with Crippen molar-refractivity contribution in [2.24, 2.45) is 0 Å². The van der Waals surface area contributed by atoms with E-state index in [1.807, 2.05) is 6.07 Å². The Kier molecular flexibility index (Phi) is 3.90. The molecule has 0 atom stereocenters. The number of fused-ring (bicyclic) bond motifs is 1. The fourth-order valence-electron chi connectivity index (χ4n) is 2.28. The Bertz CT molecular complexity index is 910. The van der Waals surface area contributed by atoms with Crippen LogP contribution in [-0.4, -0.2) is 50.5 Å². The Morgan fingerprint density at radius 3 is 2.83 bits per heavy atom. The van der Waals surface area contributed by atoms with Crippen molar-refractivity contribution in [3.63, 3.8) is 0 Å². The van der Waals surface area contributed by atoms with E-state index in [1.54, 1.807) is 38.5 Å². The van der Waals surface area contributed by atoms with Crippen molar-refractivity contribution in [1.29, 1.82) is 0 Å². The van der Waals surface area contributed by atoms with E-state index in [0.717, 1.165) is 10.9 Å². The van der Waals surface area contributed by atoms with Gasteiger partial charge in [-0.3, -0.25) is 14.7 Å². The highest BCUT2D eigenvalue weighted by Crippen LogP contribution is 2.21. The summed E-state index contributed by atoms with van der Waals surface area (Å²) in [5, 5.41) is 11.1. The average Bonchev–Trinajstić information content (AvgIpc) is 3.14. The second kappa shape index (κ2) is 6.03. The summed E-state index contributed by atoms with van der Waals surface area (Å²) in [6, 6.07) is 6.89. The van der Waals surface area contributed by atoms with E-state index in [4.69, 9.17) is 5.73 Å². The zero-order valence-corrected chi connectivity index (χ0v) is 13.3. The largest absolute Gasteiger partial charge is 0.398 e. The van der Waals surface area contributed by atoms with Gasteiger partial charge in [-0.1, -0.05) is 11.3 Å². The molecule has 3 N–H and O–H groups in total. The van der Waals surface area contributed by atoms with E-state index in [2.05, 4.69) is 15.6 Å². The number of nitrogens with one attached hydrogen (secondary N) is 1. The predicted octanol–water partition coefficient (Wildman–Crippen LogP) is 1.25. The number of urea groups is 1. The third kappa shape index (κ3) is 2.91. The van der Waals surface area contributed by atoms with Crippen LogP contribution in [0.5, 0.6) is 0 Å². The molecule has 0 aliphatic carbocycles. The molecule has 124 valence electrons. The van der Waals surface area contributed by atoms with Crippen LogP contribution in [0.3, 0.4) is 0 Å². The number of hydrogen-bond donors (Lipinski definition) is 2. The molecule has 0 radical (unpaired) electrons. The Morgan fingerprint density at radius 2 is 2.08 bits per heavy atom. The number of carbonyl (C=O) groups excluding carboxylic acids is 2. The molecule has 2 heterocycles. The molecule has 0 aliphatic heterocycles. The third-order valence-corrected chi connectivity index (χ3v) is 3.51. The van der Waals surface area contributed by atoms with E-state index in [0.29, 0.717) is 5.69 Å². The van der Waals surface area contributed by atoms with Crippen LogP contribution in [-0.2, 0) is 6.54 Å². The maximum absolute atomic E-state index is 12.5. The minimum absolute atomic E-state index is 0.0105. The lowest BCUT2D eigenvalue weighted by Crippen LogP contribution is -2.27. The Morgan fingerprint density at radius 1 is 1.29 bits per heavy atom. The van der Waals surface area contributed by atoms with E-state index in [-0.39, 0.29) is 24.3 Å². The number of rotatable bonds is 3. The summed E-state index contributed by atoms with van der Waals surface area (Å²) >= 11 is 0. The number of aromatic nitrogens is 4. The van der Waals surface area contributed by atoms with Gasteiger partial charge < -0.3 is 10.6 Å². The van der Waals surface area contributed by atoms with Gasteiger partial charge in [0.15, 0.2) is 5.82 Å². The van der Waals surface area contributed by atoms with Gasteiger partial charge in [-0.05, 0) is 18.2 Å². The molecule has 0 aliphatic rings. The van der Waals surface area contributed by atoms with Crippen molar-refractivity contribution >= 4 is 34.3 Å². The van der Waals surface area contributed by atoms with Crippen LogP contribution >= 0.6 is 0 Å². The molecule has 0 bridgehead atoms. The van der Waals surface area contributed by atoms with Gasteiger partial charge in [-0.15, -0.1) is 5.10 Å². The van der Waals surface area contributed by atoms with Gasteiger partial charge in [-0.25, -0.2) is 9.48 Å². The Balaban J connectivity index is 1.76. The van der Waals surface area contributed by atoms with Crippen LogP contribution in [0, 0.1) is 0 Å². The molecule has 0 spiro atoms. The van der Waals surface area contributed by atoms with Crippen LogP contribution in [0.25, 0.3) is 10.9 Å². The number of anilines is 2. The molecule has 0 saturated heterocycles. The molecule has 3 rings (SSSR count). The van der Waals surface area contributed by atoms with Crippen LogP contribution in [0.2, 0.25) is 0 Å². The van der Waals surface area contributed by atoms with Gasteiger partial charge in [0.25, 0.3) is 5.91 Å². The van der Waals surface area contributed by atoms with Crippen LogP contribution in [0.15, 0.2) is 36.7 Å². The molecular formula is C15H17N7O2. The highest BCUT2D eigenvalue weighted by Gasteiger charge is 2.13. The van der Waals surface area contributed by atoms with E-state index in [1.165, 1.54) is 20.3 Å². The van der Waals surface area contributed by atoms with Crippen molar-refractivity contribution in [2.75, 3.05) is 25.1 Å². The van der Waals surface area contributed by atoms with Crippen LogP contribution in [0.4, 0.5) is 16.3 Å². The fourth-order valence-corrected chi connectivity index (χ4v) is 2.28. The summed E-state index contributed by atoms with van der Waals surface area (Å²) in [6.07, 6.45) is 3.17. The quantitative estimate of drug-likeness (QED) is 0.703. The van der Waals surface area contributed by atoms with Gasteiger partial charge in [0.05, 0.1) is 11.7 Å². The maximum Gasteiger partial charge on any atom is 0.322 e. The van der Waals surface area contributed by atoms with Gasteiger partial charge >= 0.3 is 6.03 Å². The zero-order valence-electron chi connectivity index (χ0n) is 13.3. The lowest BCUT2D eigenvalue weighted by molar-refractivity contribution is 0.0891. The summed E-state index contributed by atoms with van der Waals surface area (Å²) in [5.41, 5.74) is 7.26. The first-order valence-corrected chi connectivity index (χ1v) is 7.23. The maximum atomic E-state index is 12.5. The topological polar surface area (TPSA) is 111 Å². The monoisotopic (exact) mass is 327 g/mol. The summed E-state index contributed by atoms with van der Waals surface area (Å²) < 4.78 is 2.89. The standard InChI is InChI=1S/C15H17N7O2/c1-20(2)15(24)17-13-8-21(19-18-13)9-14(23)22-7-6-10-11(16)4-3-5-12(10)22/h3-8H,9,16H2,1-2H3,(H,17,24). The third-order valence-electron chi connectivity index (χ3n) is 3.51. The molecule has 24 heavy (non-hydrogen) atoms. The minimum Gasteiger partial charge on any atom is -0.398 e. The number of benzene rings is 1. The lowest BCUT2D eigenvalue weighted by atomic mass is 10.2. The minimum atomic E-state index is -0.319. The normalized spacial score (nSPS) is 10.8. The highest BCUT2D eigenvalue weighted by atomic mass is 16.2. The molecule has 2 amide bonds. The molecule has 9 nitrogen and oxygen atoms in total. The van der Waals surface area contributed by atoms with E-state index < -0.39 is 0 Å². The van der Waals surface area contributed by atoms with E-state index in [9.17, 15) is 9.59 Å². The number of amides is 2. The molecule has 0 unspecified atom stereocenters. The second-order valence-corrected chi connectivity index (χ2v) is 5.49. The molecule has 0 saturated carbocycles. The van der Waals surface area contributed by atoms with Crippen LogP contribution < -0.4 is 11.1 Å². The number of hydrogen-bond acceptors (Lipinski definition) is 5.